The van der Waals surface area contributed by atoms with Crippen LogP contribution in [0.5, 0.6) is 0 Å². The van der Waals surface area contributed by atoms with Crippen LogP contribution in [0.1, 0.15) is 61.3 Å². The third-order valence-corrected chi connectivity index (χ3v) is 2.61. The number of hydrogen-bond donors (Lipinski definition) is 2. The van der Waals surface area contributed by atoms with Crippen LogP contribution in [0.15, 0.2) is 17.1 Å². The molecule has 0 bridgehead atoms. The summed E-state index contributed by atoms with van der Waals surface area (Å²) in [5.41, 5.74) is -1.33. The van der Waals surface area contributed by atoms with Crippen molar-refractivity contribution in [3.63, 3.8) is 0 Å². The predicted octanol–water partition coefficient (Wildman–Crippen LogP) is 4.47. The van der Waals surface area contributed by atoms with Gasteiger partial charge in [-0.1, -0.05) is 19.1 Å². The van der Waals surface area contributed by atoms with Crippen LogP contribution in [-0.4, -0.2) is 35.4 Å². The average Bonchev–Trinajstić information content (AvgIpc) is 2.38. The van der Waals surface area contributed by atoms with E-state index in [0.717, 1.165) is 0 Å². The number of carbonyl (C=O) groups is 2. The summed E-state index contributed by atoms with van der Waals surface area (Å²) >= 11 is 0. The van der Waals surface area contributed by atoms with Crippen molar-refractivity contribution in [2.24, 2.45) is 10.9 Å². The molecule has 0 radical (unpaired) electrons. The molecular weight excluding hydrogens is 322 g/mol. The lowest BCUT2D eigenvalue weighted by Gasteiger charge is -2.22. The minimum Gasteiger partial charge on any atom is -0.444 e. The Kier molecular flexibility index (Phi) is 9.09. The van der Waals surface area contributed by atoms with Crippen molar-refractivity contribution in [3.05, 3.63) is 12.2 Å². The van der Waals surface area contributed by atoms with Crippen LogP contribution in [-0.2, 0) is 9.47 Å². The molecule has 2 N–H and O–H groups in total. The highest BCUT2D eigenvalue weighted by Crippen LogP contribution is 2.12. The van der Waals surface area contributed by atoms with Crippen molar-refractivity contribution < 1.29 is 19.1 Å². The summed E-state index contributed by atoms with van der Waals surface area (Å²) in [5.74, 6) is -0.0509. The van der Waals surface area contributed by atoms with E-state index in [1.165, 1.54) is 6.21 Å². The second-order valence-electron chi connectivity index (χ2n) is 7.65. The summed E-state index contributed by atoms with van der Waals surface area (Å²) in [6.45, 7) is 12.3. The molecule has 142 valence electrons. The summed E-state index contributed by atoms with van der Waals surface area (Å²) in [6, 6.07) is 0. The van der Waals surface area contributed by atoms with Crippen LogP contribution in [0.2, 0.25) is 0 Å². The van der Waals surface area contributed by atoms with Gasteiger partial charge in [-0.2, -0.15) is 4.99 Å². The molecule has 0 aliphatic rings. The van der Waals surface area contributed by atoms with Gasteiger partial charge in [0.15, 0.2) is 0 Å². The maximum Gasteiger partial charge on any atom is 0.435 e. The first-order valence-corrected chi connectivity index (χ1v) is 8.29. The number of ether oxygens (including phenoxy) is 2. The number of aliphatic imine (C=N–C) groups is 1. The van der Waals surface area contributed by atoms with Gasteiger partial charge in [0.2, 0.25) is 0 Å². The smallest absolute Gasteiger partial charge is 0.435 e. The molecule has 0 saturated carbocycles. The molecule has 1 unspecified atom stereocenters. The van der Waals surface area contributed by atoms with Gasteiger partial charge in [0, 0.05) is 5.92 Å². The predicted molar refractivity (Wildman–Crippen MR) is 99.4 cm³/mol. The second-order valence-corrected chi connectivity index (χ2v) is 7.65. The SMILES string of the molecule is CC(C/C=C\CC=N)C(=NC(=O)OC(C)(C)C)NC(=O)OC(C)(C)C. The number of nitrogens with one attached hydrogen (secondary N) is 2. The summed E-state index contributed by atoms with van der Waals surface area (Å²) in [4.78, 5) is 27.9. The number of rotatable bonds is 5. The number of amides is 2. The normalized spacial score (nSPS) is 14.1. The zero-order valence-corrected chi connectivity index (χ0v) is 16.3. The van der Waals surface area contributed by atoms with E-state index < -0.39 is 23.4 Å². The fourth-order valence-corrected chi connectivity index (χ4v) is 1.63. The van der Waals surface area contributed by atoms with E-state index in [2.05, 4.69) is 10.3 Å². The van der Waals surface area contributed by atoms with Crippen LogP contribution in [0, 0.1) is 11.3 Å². The van der Waals surface area contributed by atoms with E-state index in [4.69, 9.17) is 14.9 Å². The van der Waals surface area contributed by atoms with Crippen LogP contribution < -0.4 is 5.32 Å². The van der Waals surface area contributed by atoms with E-state index in [1.54, 1.807) is 41.5 Å². The fraction of sp³-hybridized carbons (Fsp3) is 0.667. The summed E-state index contributed by atoms with van der Waals surface area (Å²) in [7, 11) is 0. The maximum atomic E-state index is 12.0. The first-order chi connectivity index (χ1) is 11.3. The van der Waals surface area contributed by atoms with Crippen LogP contribution in [0.4, 0.5) is 9.59 Å². The maximum absolute atomic E-state index is 12.0. The number of alkyl carbamates (subject to hydrolysis) is 1. The summed E-state index contributed by atoms with van der Waals surface area (Å²) in [5, 5.41) is 9.53. The molecule has 7 nitrogen and oxygen atoms in total. The molecule has 0 rings (SSSR count). The molecular formula is C18H31N3O4. The molecule has 25 heavy (non-hydrogen) atoms. The molecule has 0 saturated heterocycles. The van der Waals surface area contributed by atoms with Gasteiger partial charge >= 0.3 is 12.2 Å². The monoisotopic (exact) mass is 353 g/mol. The second kappa shape index (κ2) is 9.96. The summed E-state index contributed by atoms with van der Waals surface area (Å²) < 4.78 is 10.4. The van der Waals surface area contributed by atoms with E-state index in [9.17, 15) is 9.59 Å². The first kappa shape index (κ1) is 22.8. The van der Waals surface area contributed by atoms with Gasteiger partial charge in [0.05, 0.1) is 0 Å². The van der Waals surface area contributed by atoms with Crippen molar-refractivity contribution in [1.82, 2.24) is 5.32 Å². The lowest BCUT2D eigenvalue weighted by atomic mass is 10.1. The Morgan fingerprint density at radius 3 is 2.12 bits per heavy atom. The quantitative estimate of drug-likeness (QED) is 0.432. The molecule has 0 aromatic rings. The van der Waals surface area contributed by atoms with Gasteiger partial charge in [0.25, 0.3) is 0 Å². The highest BCUT2D eigenvalue weighted by Gasteiger charge is 2.22. The molecule has 0 fully saturated rings. The van der Waals surface area contributed by atoms with Crippen molar-refractivity contribution in [3.8, 4) is 0 Å². The van der Waals surface area contributed by atoms with Crippen molar-refractivity contribution >= 4 is 24.2 Å². The number of carbonyl (C=O) groups excluding carboxylic acids is 2. The van der Waals surface area contributed by atoms with Crippen LogP contribution >= 0.6 is 0 Å². The Morgan fingerprint density at radius 2 is 1.64 bits per heavy atom. The largest absolute Gasteiger partial charge is 0.444 e. The number of allylic oxidation sites excluding steroid dienone is 2. The van der Waals surface area contributed by atoms with Crippen molar-refractivity contribution in [1.29, 1.82) is 5.41 Å². The minimum absolute atomic E-state index is 0.183. The van der Waals surface area contributed by atoms with Crippen LogP contribution in [0.25, 0.3) is 0 Å². The minimum atomic E-state index is -0.770. The Morgan fingerprint density at radius 1 is 1.08 bits per heavy atom. The Labute approximate surface area is 150 Å². The standard InChI is InChI=1S/C18H31N3O4/c1-13(11-9-8-10-12-19)14(20-15(22)24-17(2,3)4)21-16(23)25-18(5,6)7/h8-9,12-13,19H,10-11H2,1-7H3,(H,20,21,22,23)/b9-8-,19-12?. The van der Waals surface area contributed by atoms with Gasteiger partial charge in [-0.05, 0) is 60.6 Å². The van der Waals surface area contributed by atoms with Crippen molar-refractivity contribution in [2.75, 3.05) is 0 Å². The zero-order chi connectivity index (χ0) is 19.7. The lowest BCUT2D eigenvalue weighted by molar-refractivity contribution is 0.0559. The number of hydrogen-bond acceptors (Lipinski definition) is 5. The molecule has 0 aromatic carbocycles. The Balaban J connectivity index is 5.18. The van der Waals surface area contributed by atoms with E-state index >= 15 is 0 Å². The molecule has 7 heteroatoms. The number of amidine groups is 1. The van der Waals surface area contributed by atoms with E-state index in [0.29, 0.717) is 12.8 Å². The highest BCUT2D eigenvalue weighted by molar-refractivity contribution is 6.01. The van der Waals surface area contributed by atoms with E-state index in [1.807, 2.05) is 19.1 Å². The van der Waals surface area contributed by atoms with Crippen molar-refractivity contribution in [2.45, 2.75) is 72.5 Å². The fourth-order valence-electron chi connectivity index (χ4n) is 1.63. The average molecular weight is 353 g/mol. The molecule has 1 atom stereocenters. The number of nitrogens with zero attached hydrogens (tertiary/aromatic N) is 1. The molecule has 0 aliphatic heterocycles. The highest BCUT2D eigenvalue weighted by atomic mass is 16.6. The summed E-state index contributed by atoms with van der Waals surface area (Å²) in [6.07, 6.45) is 4.63. The zero-order valence-electron chi connectivity index (χ0n) is 16.3. The van der Waals surface area contributed by atoms with Gasteiger partial charge < -0.3 is 14.9 Å². The van der Waals surface area contributed by atoms with E-state index in [-0.39, 0.29) is 11.8 Å². The van der Waals surface area contributed by atoms with Crippen LogP contribution in [0.3, 0.4) is 0 Å². The Bertz CT molecular complexity index is 525. The van der Waals surface area contributed by atoms with Gasteiger partial charge in [-0.3, -0.25) is 5.32 Å². The molecule has 0 aliphatic carbocycles. The van der Waals surface area contributed by atoms with Gasteiger partial charge in [-0.15, -0.1) is 0 Å². The Hall–Kier alpha value is -2.18. The molecule has 2 amide bonds. The van der Waals surface area contributed by atoms with Gasteiger partial charge in [0.1, 0.15) is 17.0 Å². The van der Waals surface area contributed by atoms with Gasteiger partial charge in [-0.25, -0.2) is 9.59 Å². The third kappa shape index (κ3) is 12.9. The lowest BCUT2D eigenvalue weighted by Crippen LogP contribution is -2.39. The molecule has 0 spiro atoms. The molecule has 0 aromatic heterocycles. The third-order valence-electron chi connectivity index (χ3n) is 2.61. The first-order valence-electron chi connectivity index (χ1n) is 8.29. The topological polar surface area (TPSA) is 101 Å². The molecule has 0 heterocycles.